The summed E-state index contributed by atoms with van der Waals surface area (Å²) in [7, 11) is 3.03. The van der Waals surface area contributed by atoms with Crippen molar-refractivity contribution < 1.29 is 29.3 Å². The fourth-order valence-electron chi connectivity index (χ4n) is 5.03. The van der Waals surface area contributed by atoms with Crippen LogP contribution in [0.1, 0.15) is 18.1 Å². The fraction of sp³-hybridized carbons (Fsp3) is 0.364. The molecule has 1 aliphatic carbocycles. The molecule has 1 aliphatic heterocycles. The van der Waals surface area contributed by atoms with Gasteiger partial charge in [0.2, 0.25) is 5.91 Å². The Morgan fingerprint density at radius 3 is 2.42 bits per heavy atom. The number of ether oxygens (including phenoxy) is 2. The van der Waals surface area contributed by atoms with E-state index >= 15 is 0 Å². The van der Waals surface area contributed by atoms with E-state index in [9.17, 15) is 19.8 Å². The molecule has 0 aromatic heterocycles. The highest BCUT2D eigenvalue weighted by atomic mass is 35.5. The maximum absolute atomic E-state index is 13.3. The summed E-state index contributed by atoms with van der Waals surface area (Å²) in [6.45, 7) is 1.50. The first-order chi connectivity index (χ1) is 14.6. The highest BCUT2D eigenvalue weighted by Gasteiger charge is 2.86. The lowest BCUT2D eigenvalue weighted by molar-refractivity contribution is -0.162. The van der Waals surface area contributed by atoms with Crippen molar-refractivity contribution in [3.63, 3.8) is 0 Å². The van der Waals surface area contributed by atoms with Gasteiger partial charge in [-0.1, -0.05) is 29.3 Å². The first-order valence-corrected chi connectivity index (χ1v) is 10.3. The third kappa shape index (κ3) is 2.91. The molecule has 2 aromatic rings. The monoisotopic (exact) mass is 465 g/mol. The number of hydrogen-bond donors (Lipinski definition) is 2. The highest BCUT2D eigenvalue weighted by molar-refractivity contribution is 6.42. The summed E-state index contributed by atoms with van der Waals surface area (Å²) >= 11 is 12.2. The molecular formula is C22H21Cl2NO6. The summed E-state index contributed by atoms with van der Waals surface area (Å²) in [4.78, 5) is 26.6. The molecule has 2 aliphatic rings. The van der Waals surface area contributed by atoms with Crippen LogP contribution in [0.3, 0.4) is 0 Å². The van der Waals surface area contributed by atoms with E-state index in [1.807, 2.05) is 0 Å². The summed E-state index contributed by atoms with van der Waals surface area (Å²) in [5.41, 5.74) is -2.03. The van der Waals surface area contributed by atoms with Crippen molar-refractivity contribution >= 4 is 35.1 Å². The van der Waals surface area contributed by atoms with Crippen LogP contribution in [-0.2, 0) is 21.5 Å². The summed E-state index contributed by atoms with van der Waals surface area (Å²) in [5.74, 6) is -2.50. The van der Waals surface area contributed by atoms with Crippen molar-refractivity contribution in [2.45, 2.75) is 24.6 Å². The molecule has 164 valence electrons. The number of fused-ring (bicyclic) bond motifs is 1. The van der Waals surface area contributed by atoms with Gasteiger partial charge in [0.15, 0.2) is 0 Å². The molecule has 1 saturated heterocycles. The average molecular weight is 466 g/mol. The molecule has 2 N–H and O–H groups in total. The Hall–Kier alpha value is -2.48. The van der Waals surface area contributed by atoms with Crippen molar-refractivity contribution in [2.24, 2.45) is 11.8 Å². The Morgan fingerprint density at radius 2 is 1.84 bits per heavy atom. The minimum Gasteiger partial charge on any atom is -0.497 e. The average Bonchev–Trinajstić information content (AvgIpc) is 3.42. The number of piperidine rings is 1. The number of carboxylic acid groups (broad SMARTS) is 1. The van der Waals surface area contributed by atoms with Gasteiger partial charge in [-0.25, -0.2) is 0 Å². The van der Waals surface area contributed by atoms with Gasteiger partial charge in [0.1, 0.15) is 17.2 Å². The number of hydrogen-bond acceptors (Lipinski definition) is 5. The second kappa shape index (κ2) is 7.29. The molecule has 0 unspecified atom stereocenters. The molecule has 1 saturated carbocycles. The summed E-state index contributed by atoms with van der Waals surface area (Å²) in [6, 6.07) is 9.83. The summed E-state index contributed by atoms with van der Waals surface area (Å²) < 4.78 is 10.6. The SMILES string of the molecule is COc1ccc(CN2C(=O)[C@H]3[C@H](C(=O)O)[C@@]3(c3ccc(Cl)c(Cl)c3)[C@]2(C)O)c(OC)c1. The molecule has 1 amide bonds. The Morgan fingerprint density at radius 1 is 1.13 bits per heavy atom. The van der Waals surface area contributed by atoms with Crippen molar-refractivity contribution in [1.82, 2.24) is 4.90 Å². The van der Waals surface area contributed by atoms with Gasteiger partial charge in [-0.2, -0.15) is 0 Å². The minimum absolute atomic E-state index is 0.0327. The predicted octanol–water partition coefficient (Wildman–Crippen LogP) is 3.33. The largest absolute Gasteiger partial charge is 0.497 e. The van der Waals surface area contributed by atoms with Gasteiger partial charge < -0.3 is 24.6 Å². The first-order valence-electron chi connectivity index (χ1n) is 9.54. The van der Waals surface area contributed by atoms with Gasteiger partial charge in [0.25, 0.3) is 0 Å². The number of halogens is 2. The Bertz CT molecular complexity index is 1090. The lowest BCUT2D eigenvalue weighted by Crippen LogP contribution is -2.53. The molecule has 1 heterocycles. The van der Waals surface area contributed by atoms with Crippen LogP contribution < -0.4 is 9.47 Å². The topological polar surface area (TPSA) is 96.3 Å². The van der Waals surface area contributed by atoms with Crippen molar-refractivity contribution in [2.75, 3.05) is 14.2 Å². The molecule has 9 heteroatoms. The number of nitrogens with zero attached hydrogens (tertiary/aromatic N) is 1. The molecule has 0 bridgehead atoms. The number of amides is 1. The van der Waals surface area contributed by atoms with Gasteiger partial charge in [0.05, 0.1) is 48.1 Å². The normalized spacial score (nSPS) is 29.0. The van der Waals surface area contributed by atoms with Gasteiger partial charge in [-0.15, -0.1) is 0 Å². The van der Waals surface area contributed by atoms with E-state index in [0.717, 1.165) is 0 Å². The van der Waals surface area contributed by atoms with Crippen LogP contribution >= 0.6 is 23.2 Å². The van der Waals surface area contributed by atoms with Crippen LogP contribution in [0.2, 0.25) is 10.0 Å². The van der Waals surface area contributed by atoms with E-state index in [1.165, 1.54) is 38.2 Å². The van der Waals surface area contributed by atoms with E-state index in [-0.39, 0.29) is 11.6 Å². The zero-order valence-corrected chi connectivity index (χ0v) is 18.6. The van der Waals surface area contributed by atoms with E-state index in [0.29, 0.717) is 27.6 Å². The number of likely N-dealkylation sites (tertiary alicyclic amines) is 1. The van der Waals surface area contributed by atoms with Crippen LogP contribution in [0.5, 0.6) is 11.5 Å². The number of aliphatic carboxylic acids is 1. The standard InChI is InChI=1S/C22H21Cl2NO6/c1-21(29)22(12-5-7-14(23)15(24)8-12)17(18(22)20(27)28)19(26)25(21)10-11-4-6-13(30-2)9-16(11)31-3/h4-9,17-18,29H,10H2,1-3H3,(H,27,28)/t17-,18-,21+,22+/m1/s1. The summed E-state index contributed by atoms with van der Waals surface area (Å²) in [5, 5.41) is 22.0. The molecule has 4 atom stereocenters. The maximum atomic E-state index is 13.3. The number of carboxylic acids is 1. The van der Waals surface area contributed by atoms with Crippen molar-refractivity contribution in [3.8, 4) is 11.5 Å². The van der Waals surface area contributed by atoms with E-state index in [4.69, 9.17) is 32.7 Å². The van der Waals surface area contributed by atoms with Crippen molar-refractivity contribution in [1.29, 1.82) is 0 Å². The van der Waals surface area contributed by atoms with Crippen LogP contribution in [-0.4, -0.2) is 46.9 Å². The maximum Gasteiger partial charge on any atom is 0.308 e. The molecule has 2 aromatic carbocycles. The predicted molar refractivity (Wildman–Crippen MR) is 113 cm³/mol. The van der Waals surface area contributed by atoms with Gasteiger partial charge in [-0.05, 0) is 36.8 Å². The van der Waals surface area contributed by atoms with E-state index < -0.39 is 34.9 Å². The van der Waals surface area contributed by atoms with Crippen LogP contribution in [0.15, 0.2) is 36.4 Å². The number of benzene rings is 2. The Kier molecular flexibility index (Phi) is 5.11. The minimum atomic E-state index is -1.79. The molecule has 2 fully saturated rings. The lowest BCUT2D eigenvalue weighted by Gasteiger charge is -2.39. The summed E-state index contributed by atoms with van der Waals surface area (Å²) in [6.07, 6.45) is 0. The highest BCUT2D eigenvalue weighted by Crippen LogP contribution is 2.71. The van der Waals surface area contributed by atoms with E-state index in [2.05, 4.69) is 0 Å². The van der Waals surface area contributed by atoms with Crippen molar-refractivity contribution in [3.05, 3.63) is 57.6 Å². The number of carbonyl (C=O) groups is 2. The second-order valence-corrected chi connectivity index (χ2v) is 8.73. The molecule has 0 radical (unpaired) electrons. The molecule has 31 heavy (non-hydrogen) atoms. The Balaban J connectivity index is 1.78. The quantitative estimate of drug-likeness (QED) is 0.678. The van der Waals surface area contributed by atoms with E-state index in [1.54, 1.807) is 24.3 Å². The molecule has 7 nitrogen and oxygen atoms in total. The first kappa shape index (κ1) is 21.7. The smallest absolute Gasteiger partial charge is 0.308 e. The third-order valence-electron chi connectivity index (χ3n) is 6.53. The number of carbonyl (C=O) groups excluding carboxylic acids is 1. The molecule has 0 spiro atoms. The third-order valence-corrected chi connectivity index (χ3v) is 7.27. The molecule has 4 rings (SSSR count). The number of methoxy groups -OCH3 is 2. The van der Waals surface area contributed by atoms with Crippen LogP contribution in [0.4, 0.5) is 0 Å². The zero-order chi connectivity index (χ0) is 22.7. The zero-order valence-electron chi connectivity index (χ0n) is 17.1. The lowest BCUT2D eigenvalue weighted by atomic mass is 9.83. The molecular weight excluding hydrogens is 445 g/mol. The van der Waals surface area contributed by atoms with Gasteiger partial charge in [-0.3, -0.25) is 9.59 Å². The van der Waals surface area contributed by atoms with Crippen LogP contribution in [0.25, 0.3) is 0 Å². The van der Waals surface area contributed by atoms with Gasteiger partial charge in [0, 0.05) is 11.6 Å². The van der Waals surface area contributed by atoms with Crippen LogP contribution in [0, 0.1) is 11.8 Å². The van der Waals surface area contributed by atoms with Gasteiger partial charge >= 0.3 is 5.97 Å². The second-order valence-electron chi connectivity index (χ2n) is 7.91. The fourth-order valence-corrected chi connectivity index (χ4v) is 5.33. The number of aliphatic hydroxyl groups is 1. The number of rotatable bonds is 6. The Labute approximate surface area is 189 Å².